The van der Waals surface area contributed by atoms with Crippen LogP contribution in [0, 0.1) is 0 Å². The van der Waals surface area contributed by atoms with Crippen molar-refractivity contribution >= 4 is 5.82 Å². The van der Waals surface area contributed by atoms with Crippen LogP contribution >= 0.6 is 0 Å². The fraction of sp³-hybridized carbons (Fsp3) is 0.312. The van der Waals surface area contributed by atoms with Crippen LogP contribution in [0.3, 0.4) is 0 Å². The average Bonchev–Trinajstić information content (AvgIpc) is 2.47. The molecule has 0 aliphatic heterocycles. The fourth-order valence-electron chi connectivity index (χ4n) is 2.68. The monoisotopic (exact) mass is 292 g/mol. The number of aromatic nitrogens is 1. The molecule has 0 saturated carbocycles. The third-order valence-electron chi connectivity index (χ3n) is 3.79. The summed E-state index contributed by atoms with van der Waals surface area (Å²) in [7, 11) is 0. The van der Waals surface area contributed by atoms with Crippen LogP contribution in [-0.2, 0) is 19.0 Å². The lowest BCUT2D eigenvalue weighted by Gasteiger charge is -2.26. The van der Waals surface area contributed by atoms with Gasteiger partial charge in [-0.25, -0.2) is 4.98 Å². The number of benzene rings is 1. The van der Waals surface area contributed by atoms with Gasteiger partial charge >= 0.3 is 6.18 Å². The summed E-state index contributed by atoms with van der Waals surface area (Å²) >= 11 is 0. The van der Waals surface area contributed by atoms with Crippen LogP contribution in [0.15, 0.2) is 42.6 Å². The average molecular weight is 292 g/mol. The number of pyridine rings is 1. The zero-order chi connectivity index (χ0) is 14.9. The highest BCUT2D eigenvalue weighted by Crippen LogP contribution is 2.29. The van der Waals surface area contributed by atoms with Crippen molar-refractivity contribution in [1.82, 2.24) is 4.98 Å². The Morgan fingerprint density at radius 1 is 1.05 bits per heavy atom. The summed E-state index contributed by atoms with van der Waals surface area (Å²) in [4.78, 5) is 3.86. The highest BCUT2D eigenvalue weighted by atomic mass is 19.4. The number of rotatable bonds is 2. The quantitative estimate of drug-likeness (QED) is 0.902. The van der Waals surface area contributed by atoms with Gasteiger partial charge in [0.25, 0.3) is 0 Å². The molecule has 110 valence electrons. The minimum atomic E-state index is -4.34. The van der Waals surface area contributed by atoms with E-state index in [2.05, 4.69) is 22.4 Å². The molecular weight excluding hydrogens is 277 g/mol. The van der Waals surface area contributed by atoms with Crippen LogP contribution in [0.25, 0.3) is 0 Å². The molecule has 3 rings (SSSR count). The summed E-state index contributed by atoms with van der Waals surface area (Å²) in [5, 5.41) is 3.22. The Bertz CT molecular complexity index is 620. The minimum absolute atomic E-state index is 0.212. The summed E-state index contributed by atoms with van der Waals surface area (Å²) in [5.74, 6) is 0.493. The smallest absolute Gasteiger partial charge is 0.367 e. The molecule has 1 aromatic carbocycles. The van der Waals surface area contributed by atoms with Crippen LogP contribution in [0.5, 0.6) is 0 Å². The van der Waals surface area contributed by atoms with Crippen molar-refractivity contribution in [3.05, 3.63) is 59.3 Å². The summed E-state index contributed by atoms with van der Waals surface area (Å²) in [6, 6.07) is 10.9. The molecular formula is C16H15F3N2. The largest absolute Gasteiger partial charge is 0.417 e. The molecule has 0 fully saturated rings. The minimum Gasteiger partial charge on any atom is -0.367 e. The van der Waals surface area contributed by atoms with E-state index in [0.29, 0.717) is 5.82 Å². The number of aryl methyl sites for hydroxylation is 1. The van der Waals surface area contributed by atoms with Crippen LogP contribution in [-0.4, -0.2) is 11.0 Å². The van der Waals surface area contributed by atoms with E-state index < -0.39 is 11.7 Å². The topological polar surface area (TPSA) is 24.9 Å². The van der Waals surface area contributed by atoms with E-state index in [9.17, 15) is 13.2 Å². The number of nitrogens with one attached hydrogen (secondary N) is 1. The van der Waals surface area contributed by atoms with Crippen LogP contribution in [0.2, 0.25) is 0 Å². The highest BCUT2D eigenvalue weighted by Gasteiger charge is 2.30. The van der Waals surface area contributed by atoms with Crippen LogP contribution in [0.4, 0.5) is 19.0 Å². The van der Waals surface area contributed by atoms with Gasteiger partial charge in [0.1, 0.15) is 5.82 Å². The Labute approximate surface area is 121 Å². The van der Waals surface area contributed by atoms with Gasteiger partial charge in [-0.3, -0.25) is 0 Å². The Balaban J connectivity index is 1.68. The van der Waals surface area contributed by atoms with Crippen molar-refractivity contribution in [2.45, 2.75) is 31.5 Å². The van der Waals surface area contributed by atoms with Crippen molar-refractivity contribution in [1.29, 1.82) is 0 Å². The lowest BCUT2D eigenvalue weighted by Crippen LogP contribution is -2.27. The van der Waals surface area contributed by atoms with E-state index in [1.54, 1.807) is 0 Å². The van der Waals surface area contributed by atoms with Crippen molar-refractivity contribution in [3.8, 4) is 0 Å². The third kappa shape index (κ3) is 3.17. The molecule has 1 aliphatic carbocycles. The van der Waals surface area contributed by atoms with Crippen LogP contribution < -0.4 is 5.32 Å². The van der Waals surface area contributed by atoms with Gasteiger partial charge in [0.2, 0.25) is 0 Å². The maximum absolute atomic E-state index is 12.5. The molecule has 2 aromatic rings. The molecule has 2 nitrogen and oxygen atoms in total. The molecule has 21 heavy (non-hydrogen) atoms. The number of hydrogen-bond donors (Lipinski definition) is 1. The molecule has 1 aromatic heterocycles. The molecule has 0 radical (unpaired) electrons. The maximum atomic E-state index is 12.5. The SMILES string of the molecule is FC(F)(F)c1ccc(NC2CCc3ccccc3C2)nc1. The number of anilines is 1. The van der Waals surface area contributed by atoms with Gasteiger partial charge < -0.3 is 5.32 Å². The second kappa shape index (κ2) is 5.39. The molecule has 0 amide bonds. The molecule has 5 heteroatoms. The molecule has 1 aliphatic rings. The number of nitrogens with zero attached hydrogens (tertiary/aromatic N) is 1. The number of alkyl halides is 3. The molecule has 0 spiro atoms. The summed E-state index contributed by atoms with van der Waals surface area (Å²) in [5.41, 5.74) is 1.94. The molecule has 1 unspecified atom stereocenters. The molecule has 1 N–H and O–H groups in total. The zero-order valence-electron chi connectivity index (χ0n) is 11.3. The van der Waals surface area contributed by atoms with Gasteiger partial charge in [-0.05, 0) is 42.5 Å². The third-order valence-corrected chi connectivity index (χ3v) is 3.79. The second-order valence-electron chi connectivity index (χ2n) is 5.28. The lowest BCUT2D eigenvalue weighted by molar-refractivity contribution is -0.137. The Morgan fingerprint density at radius 2 is 1.81 bits per heavy atom. The van der Waals surface area contributed by atoms with Crippen molar-refractivity contribution in [2.24, 2.45) is 0 Å². The standard InChI is InChI=1S/C16H15F3N2/c17-16(18,19)13-6-8-15(20-10-13)21-14-7-5-11-3-1-2-4-12(11)9-14/h1-4,6,8,10,14H,5,7,9H2,(H,20,21). The van der Waals surface area contributed by atoms with E-state index in [1.807, 2.05) is 12.1 Å². The van der Waals surface area contributed by atoms with Gasteiger partial charge in [0, 0.05) is 12.2 Å². The number of hydrogen-bond acceptors (Lipinski definition) is 2. The lowest BCUT2D eigenvalue weighted by atomic mass is 9.88. The van der Waals surface area contributed by atoms with E-state index in [4.69, 9.17) is 0 Å². The van der Waals surface area contributed by atoms with Gasteiger partial charge in [-0.15, -0.1) is 0 Å². The maximum Gasteiger partial charge on any atom is 0.417 e. The predicted molar refractivity (Wildman–Crippen MR) is 75.1 cm³/mol. The Kier molecular flexibility index (Phi) is 3.57. The molecule has 1 heterocycles. The van der Waals surface area contributed by atoms with Gasteiger partial charge in [-0.1, -0.05) is 24.3 Å². The van der Waals surface area contributed by atoms with E-state index >= 15 is 0 Å². The molecule has 0 saturated heterocycles. The summed E-state index contributed by atoms with van der Waals surface area (Å²) < 4.78 is 37.4. The number of fused-ring (bicyclic) bond motifs is 1. The zero-order valence-corrected chi connectivity index (χ0v) is 11.3. The Morgan fingerprint density at radius 3 is 2.48 bits per heavy atom. The van der Waals surface area contributed by atoms with E-state index in [0.717, 1.165) is 31.5 Å². The molecule has 1 atom stereocenters. The first kappa shape index (κ1) is 13.9. The first-order chi connectivity index (χ1) is 10.0. The fourth-order valence-corrected chi connectivity index (χ4v) is 2.68. The Hall–Kier alpha value is -2.04. The predicted octanol–water partition coefficient (Wildman–Crippen LogP) is 4.07. The van der Waals surface area contributed by atoms with Crippen LogP contribution in [0.1, 0.15) is 23.1 Å². The van der Waals surface area contributed by atoms with Gasteiger partial charge in [0.05, 0.1) is 5.56 Å². The first-order valence-electron chi connectivity index (χ1n) is 6.89. The van der Waals surface area contributed by atoms with Crippen molar-refractivity contribution < 1.29 is 13.2 Å². The highest BCUT2D eigenvalue weighted by molar-refractivity contribution is 5.39. The van der Waals surface area contributed by atoms with Gasteiger partial charge in [-0.2, -0.15) is 13.2 Å². The van der Waals surface area contributed by atoms with Crippen molar-refractivity contribution in [3.63, 3.8) is 0 Å². The van der Waals surface area contributed by atoms with Gasteiger partial charge in [0.15, 0.2) is 0 Å². The molecule has 0 bridgehead atoms. The summed E-state index contributed by atoms with van der Waals surface area (Å²) in [6.45, 7) is 0. The summed E-state index contributed by atoms with van der Waals surface area (Å²) in [6.07, 6.45) is -0.651. The normalized spacial score (nSPS) is 18.1. The first-order valence-corrected chi connectivity index (χ1v) is 6.89. The second-order valence-corrected chi connectivity index (χ2v) is 5.28. The van der Waals surface area contributed by atoms with E-state index in [1.165, 1.54) is 17.2 Å². The van der Waals surface area contributed by atoms with E-state index in [-0.39, 0.29) is 6.04 Å². The van der Waals surface area contributed by atoms with Crippen molar-refractivity contribution in [2.75, 3.05) is 5.32 Å². The number of halogens is 3.